The summed E-state index contributed by atoms with van der Waals surface area (Å²) in [6.07, 6.45) is -3.23. The molecular formula is C27H36FN5O13P2. The molecule has 2 aromatic carbocycles. The molecule has 4 rings (SSSR count). The van der Waals surface area contributed by atoms with Crippen LogP contribution >= 0.6 is 15.5 Å². The summed E-state index contributed by atoms with van der Waals surface area (Å²) >= 11 is 0. The Morgan fingerprint density at radius 2 is 1.73 bits per heavy atom. The first-order chi connectivity index (χ1) is 22.4. The van der Waals surface area contributed by atoms with Crippen LogP contribution in [0.15, 0.2) is 42.5 Å². The molecule has 2 saturated heterocycles. The Bertz CT molecular complexity index is 1580. The predicted octanol–water partition coefficient (Wildman–Crippen LogP) is 0.0224. The number of hydrogen-bond acceptors (Lipinski definition) is 12. The Kier molecular flexibility index (Phi) is 11.3. The van der Waals surface area contributed by atoms with Crippen LogP contribution in [0.5, 0.6) is 0 Å². The normalized spacial score (nSPS) is 18.5. The Hall–Kier alpha value is -3.93. The number of piperazine rings is 1. The maximum atomic E-state index is 15.1. The first kappa shape index (κ1) is 36.9. The van der Waals surface area contributed by atoms with Crippen molar-refractivity contribution in [2.45, 2.75) is 24.5 Å². The summed E-state index contributed by atoms with van der Waals surface area (Å²) in [6, 6.07) is 9.21. The van der Waals surface area contributed by atoms with Crippen molar-refractivity contribution in [3.8, 4) is 0 Å². The molecule has 0 bridgehead atoms. The van der Waals surface area contributed by atoms with E-state index in [4.69, 9.17) is 9.47 Å². The van der Waals surface area contributed by atoms with Crippen LogP contribution in [0.2, 0.25) is 0 Å². The number of benzene rings is 2. The number of halogens is 1. The number of amides is 4. The standard InChI is InChI=1S/C27H36FN5O13P2/c1-17(34)29-14-21-15-33(26(37)46-21)20-6-7-23(22(28)12-20)31-8-10-32(11-9-31)24(35)16-45-25(36)30-19-4-2-18(3-5-19)13-27(38,47(39,40)41)48(42,43)44/h2-7,12,21,38-41,47H,8-11,13-16H2,1H3,(H,29,34)(H,30,36)(H2,42,43,44)/t21-,27?/m0/s1. The van der Waals surface area contributed by atoms with Gasteiger partial charge < -0.3 is 15.0 Å². The Morgan fingerprint density at radius 3 is 2.29 bits per heavy atom. The van der Waals surface area contributed by atoms with Crippen LogP contribution < -0.4 is 20.4 Å². The van der Waals surface area contributed by atoms with Gasteiger partial charge in [-0.3, -0.25) is 9.69 Å². The smallest absolute Gasteiger partial charge is 0.414 e. The molecule has 21 heteroatoms. The number of ether oxygens (including phenoxy) is 2. The number of cyclic esters (lactones) is 1. The van der Waals surface area contributed by atoms with Gasteiger partial charge in [0.1, 0.15) is 11.9 Å². The maximum Gasteiger partial charge on any atom is 0.414 e. The Morgan fingerprint density at radius 1 is 1.08 bits per heavy atom. The number of aliphatic hydroxyl groups is 1. The Labute approximate surface area is 273 Å². The van der Waals surface area contributed by atoms with Crippen molar-refractivity contribution in [2.75, 3.05) is 61.0 Å². The van der Waals surface area contributed by atoms with E-state index in [0.29, 0.717) is 5.69 Å². The molecule has 0 saturated carbocycles. The number of nitrogens with one attached hydrogen (secondary N) is 2. The SMILES string of the molecule is CC(=O)NC[C@H]1CN(c2ccc(N3CCN(C(=O)COC(=O)Nc4ccc(CC(O)(P(=O)(O)O)[PH](O)(O)O)cc4)CC3)c(F)c2)C(=O)O1. The van der Waals surface area contributed by atoms with Crippen LogP contribution in [0.25, 0.3) is 0 Å². The third-order valence-electron chi connectivity index (χ3n) is 7.67. The maximum absolute atomic E-state index is 15.1. The van der Waals surface area contributed by atoms with Crippen molar-refractivity contribution in [1.82, 2.24) is 10.2 Å². The van der Waals surface area contributed by atoms with Crippen molar-refractivity contribution in [3.63, 3.8) is 0 Å². The first-order valence-corrected chi connectivity index (χ1v) is 17.9. The van der Waals surface area contributed by atoms with E-state index in [-0.39, 0.29) is 62.1 Å². The molecule has 2 fully saturated rings. The van der Waals surface area contributed by atoms with Crippen LogP contribution in [0.1, 0.15) is 12.5 Å². The second-order valence-electron chi connectivity index (χ2n) is 11.1. The van der Waals surface area contributed by atoms with Gasteiger partial charge in [0.25, 0.3) is 0 Å². The first-order valence-electron chi connectivity index (χ1n) is 14.4. The largest absolute Gasteiger partial charge is 0.442 e. The van der Waals surface area contributed by atoms with Gasteiger partial charge in [0.2, 0.25) is 5.91 Å². The molecule has 0 spiro atoms. The fourth-order valence-corrected chi connectivity index (χ4v) is 7.39. The van der Waals surface area contributed by atoms with E-state index in [9.17, 15) is 53.3 Å². The molecule has 18 nitrogen and oxygen atoms in total. The molecular weight excluding hydrogens is 683 g/mol. The van der Waals surface area contributed by atoms with Crippen LogP contribution in [-0.2, 0) is 30.0 Å². The minimum atomic E-state index is -5.72. The fraction of sp³-hybridized carbons (Fsp3) is 0.407. The van der Waals surface area contributed by atoms with E-state index < -0.39 is 63.7 Å². The van der Waals surface area contributed by atoms with Crippen molar-refractivity contribution >= 4 is 56.6 Å². The molecule has 2 heterocycles. The summed E-state index contributed by atoms with van der Waals surface area (Å²) in [4.78, 5) is 99.6. The number of anilines is 3. The molecule has 48 heavy (non-hydrogen) atoms. The van der Waals surface area contributed by atoms with Crippen LogP contribution in [-0.4, -0.2) is 116 Å². The number of nitrogens with zero attached hydrogens (tertiary/aromatic N) is 3. The summed E-state index contributed by atoms with van der Waals surface area (Å²) < 4.78 is 36.9. The summed E-state index contributed by atoms with van der Waals surface area (Å²) in [6.45, 7) is 1.97. The average molecular weight is 720 g/mol. The van der Waals surface area contributed by atoms with Crippen molar-refractivity contribution in [2.24, 2.45) is 0 Å². The summed E-state index contributed by atoms with van der Waals surface area (Å²) in [5, 5.41) is 11.5. The topological polar surface area (TPSA) is 259 Å². The van der Waals surface area contributed by atoms with E-state index >= 15 is 4.39 Å². The fourth-order valence-electron chi connectivity index (χ4n) is 4.99. The van der Waals surface area contributed by atoms with Gasteiger partial charge in [0, 0.05) is 33.1 Å². The van der Waals surface area contributed by atoms with E-state index in [1.165, 1.54) is 53.1 Å². The zero-order chi connectivity index (χ0) is 35.4. The zero-order valence-corrected chi connectivity index (χ0v) is 27.4. The molecule has 2 aliphatic heterocycles. The monoisotopic (exact) mass is 719 g/mol. The molecule has 0 aliphatic carbocycles. The molecule has 8 N–H and O–H groups in total. The Balaban J connectivity index is 1.23. The second-order valence-corrected chi connectivity index (χ2v) is 15.5. The predicted molar refractivity (Wildman–Crippen MR) is 169 cm³/mol. The van der Waals surface area contributed by atoms with E-state index in [1.54, 1.807) is 11.0 Å². The van der Waals surface area contributed by atoms with Crippen molar-refractivity contribution in [3.05, 3.63) is 53.8 Å². The van der Waals surface area contributed by atoms with Crippen molar-refractivity contribution in [1.29, 1.82) is 0 Å². The zero-order valence-electron chi connectivity index (χ0n) is 25.5. The van der Waals surface area contributed by atoms with Gasteiger partial charge >= 0.3 is 146 Å². The molecule has 1 unspecified atom stereocenters. The molecule has 264 valence electrons. The van der Waals surface area contributed by atoms with Gasteiger partial charge in [-0.25, -0.2) is 9.18 Å². The van der Waals surface area contributed by atoms with Crippen molar-refractivity contribution < 1.29 is 67.2 Å². The molecule has 2 atom stereocenters. The van der Waals surface area contributed by atoms with Crippen LogP contribution in [0.3, 0.4) is 0 Å². The quantitative estimate of drug-likeness (QED) is 0.143. The summed E-state index contributed by atoms with van der Waals surface area (Å²) in [7, 11) is -11.3. The van der Waals surface area contributed by atoms with Crippen LogP contribution in [0, 0.1) is 5.82 Å². The minimum Gasteiger partial charge on any atom is -0.442 e. The third kappa shape index (κ3) is 8.75. The molecule has 2 aliphatic rings. The van der Waals surface area contributed by atoms with Gasteiger partial charge in [-0.1, -0.05) is 0 Å². The van der Waals surface area contributed by atoms with Gasteiger partial charge in [-0.15, -0.1) is 0 Å². The molecule has 0 radical (unpaired) electrons. The van der Waals surface area contributed by atoms with Gasteiger partial charge in [-0.2, -0.15) is 0 Å². The summed E-state index contributed by atoms with van der Waals surface area (Å²) in [5.41, 5.74) is 0.682. The summed E-state index contributed by atoms with van der Waals surface area (Å²) in [5.74, 6) is -1.35. The van der Waals surface area contributed by atoms with E-state index in [1.807, 2.05) is 0 Å². The molecule has 0 aromatic heterocycles. The number of rotatable bonds is 11. The molecule has 2 aromatic rings. The van der Waals surface area contributed by atoms with Crippen LogP contribution in [0.4, 0.5) is 31.0 Å². The van der Waals surface area contributed by atoms with Gasteiger partial charge in [-0.05, 0) is 18.2 Å². The number of hydrogen-bond donors (Lipinski definition) is 8. The van der Waals surface area contributed by atoms with Gasteiger partial charge in [0.05, 0.1) is 24.5 Å². The van der Waals surface area contributed by atoms with Gasteiger partial charge in [0.15, 0.2) is 0 Å². The second kappa shape index (κ2) is 14.7. The minimum absolute atomic E-state index is 0.0106. The molecule has 4 amide bonds. The number of carbonyl (C=O) groups excluding carboxylic acids is 4. The average Bonchev–Trinajstić information content (AvgIpc) is 3.39. The number of carbonyl (C=O) groups is 4. The van der Waals surface area contributed by atoms with E-state index in [2.05, 4.69) is 10.6 Å². The van der Waals surface area contributed by atoms with E-state index in [0.717, 1.165) is 0 Å². The third-order valence-corrected chi connectivity index (χ3v) is 11.8.